The molecule has 0 spiro atoms. The molecular formula is C17H12FN3. The first-order chi connectivity index (χ1) is 10.3. The van der Waals surface area contributed by atoms with Gasteiger partial charge in [0.05, 0.1) is 23.1 Å². The first-order valence-electron chi connectivity index (χ1n) is 6.68. The molecule has 2 heterocycles. The molecule has 4 rings (SSSR count). The van der Waals surface area contributed by atoms with Crippen molar-refractivity contribution in [1.82, 2.24) is 14.5 Å². The Balaban J connectivity index is 1.85. The zero-order valence-corrected chi connectivity index (χ0v) is 11.1. The van der Waals surface area contributed by atoms with Gasteiger partial charge in [0.25, 0.3) is 0 Å². The number of nitrogens with zero attached hydrogens (tertiary/aromatic N) is 2. The van der Waals surface area contributed by atoms with Crippen molar-refractivity contribution in [2.45, 2.75) is 0 Å². The lowest BCUT2D eigenvalue weighted by Crippen LogP contribution is -1.95. The minimum Gasteiger partial charge on any atom is -0.345 e. The van der Waals surface area contributed by atoms with E-state index < -0.39 is 0 Å². The number of rotatable bonds is 2. The summed E-state index contributed by atoms with van der Waals surface area (Å²) in [5, 5.41) is 0. The van der Waals surface area contributed by atoms with Crippen LogP contribution in [0.2, 0.25) is 0 Å². The van der Waals surface area contributed by atoms with Crippen molar-refractivity contribution < 1.29 is 4.39 Å². The average molecular weight is 277 g/mol. The number of benzene rings is 2. The highest BCUT2D eigenvalue weighted by Crippen LogP contribution is 2.25. The van der Waals surface area contributed by atoms with Crippen LogP contribution in [0.3, 0.4) is 0 Å². The van der Waals surface area contributed by atoms with Gasteiger partial charge in [-0.05, 0) is 60.2 Å². The zero-order chi connectivity index (χ0) is 14.2. The molecule has 1 N–H and O–H groups in total. The van der Waals surface area contributed by atoms with Gasteiger partial charge in [-0.3, -0.25) is 0 Å². The highest BCUT2D eigenvalue weighted by Gasteiger charge is 2.07. The van der Waals surface area contributed by atoms with Crippen molar-refractivity contribution in [3.05, 3.63) is 72.9 Å². The van der Waals surface area contributed by atoms with E-state index in [9.17, 15) is 4.39 Å². The van der Waals surface area contributed by atoms with Crippen molar-refractivity contribution in [1.29, 1.82) is 0 Å². The van der Waals surface area contributed by atoms with Gasteiger partial charge in [-0.2, -0.15) is 0 Å². The maximum Gasteiger partial charge on any atom is 0.123 e. The van der Waals surface area contributed by atoms with Crippen LogP contribution in [0.15, 0.2) is 67.1 Å². The summed E-state index contributed by atoms with van der Waals surface area (Å²) in [6, 6.07) is 16.6. The van der Waals surface area contributed by atoms with Gasteiger partial charge in [0.15, 0.2) is 0 Å². The summed E-state index contributed by atoms with van der Waals surface area (Å²) in [6.45, 7) is 0. The van der Waals surface area contributed by atoms with Crippen LogP contribution in [0, 0.1) is 5.82 Å². The largest absolute Gasteiger partial charge is 0.345 e. The lowest BCUT2D eigenvalue weighted by Gasteiger charge is -2.09. The summed E-state index contributed by atoms with van der Waals surface area (Å²) in [7, 11) is 0. The summed E-state index contributed by atoms with van der Waals surface area (Å²) < 4.78 is 15.1. The van der Waals surface area contributed by atoms with Crippen LogP contribution in [-0.2, 0) is 0 Å². The second-order valence-corrected chi connectivity index (χ2v) is 4.87. The number of nitrogens with one attached hydrogen (secondary N) is 1. The van der Waals surface area contributed by atoms with Gasteiger partial charge in [-0.1, -0.05) is 0 Å². The number of H-pyrrole nitrogens is 1. The number of hydrogen-bond acceptors (Lipinski definition) is 1. The van der Waals surface area contributed by atoms with Crippen LogP contribution in [0.25, 0.3) is 28.0 Å². The summed E-state index contributed by atoms with van der Waals surface area (Å²) >= 11 is 0. The number of aromatic nitrogens is 3. The predicted molar refractivity (Wildman–Crippen MR) is 80.8 cm³/mol. The molecule has 3 nitrogen and oxygen atoms in total. The molecule has 4 aromatic rings. The summed E-state index contributed by atoms with van der Waals surface area (Å²) in [6.07, 6.45) is 3.68. The minimum absolute atomic E-state index is 0.226. The fourth-order valence-corrected chi connectivity index (χ4v) is 2.54. The second kappa shape index (κ2) is 4.59. The van der Waals surface area contributed by atoms with E-state index in [2.05, 4.69) is 20.6 Å². The third kappa shape index (κ3) is 2.01. The minimum atomic E-state index is -0.226. The third-order valence-corrected chi connectivity index (χ3v) is 3.57. The van der Waals surface area contributed by atoms with Gasteiger partial charge in [0, 0.05) is 11.9 Å². The van der Waals surface area contributed by atoms with E-state index in [1.165, 1.54) is 12.1 Å². The molecule has 0 radical (unpaired) electrons. The Kier molecular flexibility index (Phi) is 2.60. The second-order valence-electron chi connectivity index (χ2n) is 4.87. The standard InChI is InChI=1S/C17H12FN3/c18-13-5-3-12(4-6-13)17-2-1-9-21(17)14-7-8-15-16(10-14)20-11-19-15/h1-11H,(H,19,20). The lowest BCUT2D eigenvalue weighted by molar-refractivity contribution is 0.628. The Morgan fingerprint density at radius 3 is 2.71 bits per heavy atom. The quantitative estimate of drug-likeness (QED) is 0.586. The molecule has 0 aliphatic rings. The first kappa shape index (κ1) is 11.9. The van der Waals surface area contributed by atoms with Crippen molar-refractivity contribution in [2.24, 2.45) is 0 Å². The summed E-state index contributed by atoms with van der Waals surface area (Å²) in [5.74, 6) is -0.226. The highest BCUT2D eigenvalue weighted by molar-refractivity contribution is 5.77. The van der Waals surface area contributed by atoms with Gasteiger partial charge >= 0.3 is 0 Å². The number of imidazole rings is 1. The van der Waals surface area contributed by atoms with E-state index in [0.29, 0.717) is 0 Å². The van der Waals surface area contributed by atoms with Crippen LogP contribution < -0.4 is 0 Å². The van der Waals surface area contributed by atoms with Crippen LogP contribution in [0.4, 0.5) is 4.39 Å². The molecule has 0 atom stereocenters. The predicted octanol–water partition coefficient (Wildman–Crippen LogP) is 4.16. The van der Waals surface area contributed by atoms with E-state index in [0.717, 1.165) is 28.0 Å². The smallest absolute Gasteiger partial charge is 0.123 e. The number of fused-ring (bicyclic) bond motifs is 1. The molecule has 4 heteroatoms. The van der Waals surface area contributed by atoms with Gasteiger partial charge in [-0.15, -0.1) is 0 Å². The molecule has 0 saturated carbocycles. The van der Waals surface area contributed by atoms with E-state index in [-0.39, 0.29) is 5.82 Å². The van der Waals surface area contributed by atoms with E-state index in [1.54, 1.807) is 18.5 Å². The molecule has 2 aromatic heterocycles. The first-order valence-corrected chi connectivity index (χ1v) is 6.68. The van der Waals surface area contributed by atoms with Crippen LogP contribution >= 0.6 is 0 Å². The van der Waals surface area contributed by atoms with Gasteiger partial charge < -0.3 is 9.55 Å². The van der Waals surface area contributed by atoms with Crippen molar-refractivity contribution in [3.8, 4) is 16.9 Å². The Hall–Kier alpha value is -2.88. The maximum atomic E-state index is 13.1. The van der Waals surface area contributed by atoms with E-state index >= 15 is 0 Å². The molecule has 102 valence electrons. The fourth-order valence-electron chi connectivity index (χ4n) is 2.54. The SMILES string of the molecule is Fc1ccc(-c2cccn2-c2ccc3nc[nH]c3c2)cc1. The molecule has 0 aliphatic heterocycles. The van der Waals surface area contributed by atoms with E-state index in [1.807, 2.05) is 30.5 Å². The monoisotopic (exact) mass is 277 g/mol. The molecule has 0 bridgehead atoms. The Labute approximate surface area is 120 Å². The fraction of sp³-hybridized carbons (Fsp3) is 0. The maximum absolute atomic E-state index is 13.1. The van der Waals surface area contributed by atoms with E-state index in [4.69, 9.17) is 0 Å². The Morgan fingerprint density at radius 1 is 1.00 bits per heavy atom. The van der Waals surface area contributed by atoms with Crippen LogP contribution in [0.5, 0.6) is 0 Å². The highest BCUT2D eigenvalue weighted by atomic mass is 19.1. The average Bonchev–Trinajstić information content (AvgIpc) is 3.16. The number of halogens is 1. The normalized spacial score (nSPS) is 11.1. The lowest BCUT2D eigenvalue weighted by atomic mass is 10.1. The molecule has 0 aliphatic carbocycles. The van der Waals surface area contributed by atoms with Crippen molar-refractivity contribution in [2.75, 3.05) is 0 Å². The third-order valence-electron chi connectivity index (χ3n) is 3.57. The molecule has 21 heavy (non-hydrogen) atoms. The molecule has 2 aromatic carbocycles. The Morgan fingerprint density at radius 2 is 1.86 bits per heavy atom. The molecule has 0 fully saturated rings. The van der Waals surface area contributed by atoms with Crippen molar-refractivity contribution in [3.63, 3.8) is 0 Å². The topological polar surface area (TPSA) is 33.6 Å². The van der Waals surface area contributed by atoms with Crippen molar-refractivity contribution >= 4 is 11.0 Å². The molecule has 0 amide bonds. The van der Waals surface area contributed by atoms with Gasteiger partial charge in [0.1, 0.15) is 5.82 Å². The number of hydrogen-bond donors (Lipinski definition) is 1. The summed E-state index contributed by atoms with van der Waals surface area (Å²) in [4.78, 5) is 7.34. The Bertz CT molecular complexity index is 903. The number of aromatic amines is 1. The van der Waals surface area contributed by atoms with Gasteiger partial charge in [0.2, 0.25) is 0 Å². The van der Waals surface area contributed by atoms with Crippen LogP contribution in [-0.4, -0.2) is 14.5 Å². The molecule has 0 saturated heterocycles. The van der Waals surface area contributed by atoms with Crippen LogP contribution in [0.1, 0.15) is 0 Å². The zero-order valence-electron chi connectivity index (χ0n) is 11.1. The summed E-state index contributed by atoms with van der Waals surface area (Å²) in [5.41, 5.74) is 4.97. The van der Waals surface area contributed by atoms with Gasteiger partial charge in [-0.25, -0.2) is 9.37 Å². The molecule has 0 unspecified atom stereocenters. The molecular weight excluding hydrogens is 265 g/mol.